The maximum atomic E-state index is 14.3. The molecule has 0 spiro atoms. The van der Waals surface area contributed by atoms with Gasteiger partial charge in [-0.05, 0) is 60.2 Å². The molecule has 6 rings (SSSR count). The van der Waals surface area contributed by atoms with Crippen molar-refractivity contribution in [2.75, 3.05) is 36.0 Å². The zero-order chi connectivity index (χ0) is 27.8. The fraction of sp³-hybridized carbons (Fsp3) is 0.161. The second-order valence-electron chi connectivity index (χ2n) is 9.70. The van der Waals surface area contributed by atoms with Crippen LogP contribution >= 0.6 is 11.6 Å². The minimum Gasteiger partial charge on any atom is -0.366 e. The largest absolute Gasteiger partial charge is 0.366 e. The number of fused-ring (bicyclic) bond motifs is 2. The van der Waals surface area contributed by atoms with Crippen LogP contribution < -0.4 is 9.80 Å². The number of amides is 2. The van der Waals surface area contributed by atoms with Gasteiger partial charge in [-0.3, -0.25) is 9.59 Å². The topological polar surface area (TPSA) is 60.9 Å². The van der Waals surface area contributed by atoms with Gasteiger partial charge in [-0.2, -0.15) is 0 Å². The van der Waals surface area contributed by atoms with Gasteiger partial charge in [0.05, 0.1) is 44.1 Å². The van der Waals surface area contributed by atoms with Crippen LogP contribution in [0.15, 0.2) is 101 Å². The minimum absolute atomic E-state index is 0.192. The number of nitrogens with zero attached hydrogens (tertiary/aromatic N) is 3. The quantitative estimate of drug-likeness (QED) is 0.311. The Hall–Kier alpha value is -4.01. The Kier molecular flexibility index (Phi) is 7.12. The first-order valence-electron chi connectivity index (χ1n) is 12.9. The predicted octanol–water partition coefficient (Wildman–Crippen LogP) is 5.77. The summed E-state index contributed by atoms with van der Waals surface area (Å²) in [5, 5.41) is 0.584. The SMILES string of the molecule is O=C(c1ccc2c(c1)N(Cc1ccc(Cl)cc1)C(=O)c1ccccc1[S@@]2=O)N1CCN(c2ccccc2F)CC1. The van der Waals surface area contributed by atoms with Crippen LogP contribution in [0.1, 0.15) is 26.3 Å². The van der Waals surface area contributed by atoms with E-state index in [2.05, 4.69) is 0 Å². The molecular formula is C31H25ClFN3O3S. The Morgan fingerprint density at radius 2 is 1.52 bits per heavy atom. The Labute approximate surface area is 239 Å². The molecule has 2 aliphatic heterocycles. The fourth-order valence-corrected chi connectivity index (χ4v) is 6.64. The molecule has 0 unspecified atom stereocenters. The van der Waals surface area contributed by atoms with Crippen LogP contribution in [0.4, 0.5) is 15.8 Å². The second-order valence-corrected chi connectivity index (χ2v) is 11.5. The third kappa shape index (κ3) is 4.89. The van der Waals surface area contributed by atoms with E-state index >= 15 is 0 Å². The lowest BCUT2D eigenvalue weighted by Gasteiger charge is -2.36. The first-order chi connectivity index (χ1) is 19.4. The van der Waals surface area contributed by atoms with Gasteiger partial charge in [0.25, 0.3) is 11.8 Å². The molecule has 2 amide bonds. The van der Waals surface area contributed by atoms with E-state index in [1.54, 1.807) is 82.6 Å². The standard InChI is InChI=1S/C31H25ClFN3O3S/c32-23-12-9-21(10-13-23)20-36-27-19-22(11-14-29(27)40(39)28-8-4-1-5-24(28)31(36)38)30(37)35-17-15-34(16-18-35)26-7-3-2-6-25(26)33/h1-14,19H,15-18,20H2/t40-/m0/s1. The number of piperazine rings is 1. The summed E-state index contributed by atoms with van der Waals surface area (Å²) in [6.45, 7) is 2.06. The highest BCUT2D eigenvalue weighted by Crippen LogP contribution is 2.36. The van der Waals surface area contributed by atoms with Gasteiger partial charge in [-0.1, -0.05) is 48.0 Å². The molecule has 40 heavy (non-hydrogen) atoms. The van der Waals surface area contributed by atoms with Crippen LogP contribution in [0, 0.1) is 5.82 Å². The number of hydrogen-bond acceptors (Lipinski definition) is 4. The van der Waals surface area contributed by atoms with Crippen molar-refractivity contribution in [3.63, 3.8) is 0 Å². The highest BCUT2D eigenvalue weighted by atomic mass is 35.5. The molecule has 0 N–H and O–H groups in total. The van der Waals surface area contributed by atoms with E-state index in [0.29, 0.717) is 63.5 Å². The van der Waals surface area contributed by atoms with Crippen molar-refractivity contribution in [2.24, 2.45) is 0 Å². The van der Waals surface area contributed by atoms with Crippen molar-refractivity contribution in [3.8, 4) is 0 Å². The molecule has 1 saturated heterocycles. The summed E-state index contributed by atoms with van der Waals surface area (Å²) in [6, 6.07) is 25.7. The first kappa shape index (κ1) is 26.2. The number of rotatable bonds is 4. The zero-order valence-corrected chi connectivity index (χ0v) is 23.0. The molecule has 9 heteroatoms. The van der Waals surface area contributed by atoms with Crippen LogP contribution in [-0.2, 0) is 17.3 Å². The Balaban J connectivity index is 1.32. The highest BCUT2D eigenvalue weighted by molar-refractivity contribution is 7.85. The molecular weight excluding hydrogens is 549 g/mol. The molecule has 1 atom stereocenters. The molecule has 0 bridgehead atoms. The van der Waals surface area contributed by atoms with Gasteiger partial charge in [-0.25, -0.2) is 8.60 Å². The number of carbonyl (C=O) groups excluding carboxylic acids is 2. The second kappa shape index (κ2) is 10.9. The first-order valence-corrected chi connectivity index (χ1v) is 14.4. The van der Waals surface area contributed by atoms with Crippen LogP contribution in [0.3, 0.4) is 0 Å². The third-order valence-electron chi connectivity index (χ3n) is 7.27. The average molecular weight is 574 g/mol. The molecule has 2 heterocycles. The smallest absolute Gasteiger partial charge is 0.259 e. The Bertz CT molecular complexity index is 1640. The summed E-state index contributed by atoms with van der Waals surface area (Å²) >= 11 is 6.07. The van der Waals surface area contributed by atoms with Crippen molar-refractivity contribution in [3.05, 3.63) is 119 Å². The summed E-state index contributed by atoms with van der Waals surface area (Å²) in [4.78, 5) is 33.6. The molecule has 0 radical (unpaired) electrons. The molecule has 202 valence electrons. The van der Waals surface area contributed by atoms with Gasteiger partial charge in [0.1, 0.15) is 5.82 Å². The lowest BCUT2D eigenvalue weighted by molar-refractivity contribution is 0.0746. The van der Waals surface area contributed by atoms with E-state index in [9.17, 15) is 18.2 Å². The van der Waals surface area contributed by atoms with E-state index < -0.39 is 10.8 Å². The van der Waals surface area contributed by atoms with Crippen molar-refractivity contribution in [2.45, 2.75) is 16.3 Å². The predicted molar refractivity (Wildman–Crippen MR) is 154 cm³/mol. The maximum Gasteiger partial charge on any atom is 0.259 e. The highest BCUT2D eigenvalue weighted by Gasteiger charge is 2.32. The molecule has 0 saturated carbocycles. The van der Waals surface area contributed by atoms with Crippen molar-refractivity contribution in [1.82, 2.24) is 4.90 Å². The van der Waals surface area contributed by atoms with E-state index in [1.807, 2.05) is 17.0 Å². The number of hydrogen-bond donors (Lipinski definition) is 0. The van der Waals surface area contributed by atoms with Crippen molar-refractivity contribution in [1.29, 1.82) is 0 Å². The fourth-order valence-electron chi connectivity index (χ4n) is 5.17. The van der Waals surface area contributed by atoms with Crippen LogP contribution in [0.25, 0.3) is 0 Å². The van der Waals surface area contributed by atoms with Crippen molar-refractivity contribution < 1.29 is 18.2 Å². The number of anilines is 2. The van der Waals surface area contributed by atoms with Crippen LogP contribution in [0.5, 0.6) is 0 Å². The molecule has 2 aliphatic rings. The Morgan fingerprint density at radius 3 is 2.27 bits per heavy atom. The third-order valence-corrected chi connectivity index (χ3v) is 9.02. The Morgan fingerprint density at radius 1 is 0.825 bits per heavy atom. The normalized spacial score (nSPS) is 16.8. The van der Waals surface area contributed by atoms with Crippen molar-refractivity contribution >= 4 is 45.6 Å². The zero-order valence-electron chi connectivity index (χ0n) is 21.4. The van der Waals surface area contributed by atoms with Crippen LogP contribution in [-0.4, -0.2) is 47.1 Å². The molecule has 6 nitrogen and oxygen atoms in total. The van der Waals surface area contributed by atoms with E-state index in [4.69, 9.17) is 11.6 Å². The summed E-state index contributed by atoms with van der Waals surface area (Å²) < 4.78 is 28.0. The summed E-state index contributed by atoms with van der Waals surface area (Å²) in [6.07, 6.45) is 0. The monoisotopic (exact) mass is 573 g/mol. The number of carbonyl (C=O) groups is 2. The lowest BCUT2D eigenvalue weighted by Crippen LogP contribution is -2.49. The van der Waals surface area contributed by atoms with E-state index in [1.165, 1.54) is 6.07 Å². The van der Waals surface area contributed by atoms with Gasteiger partial charge >= 0.3 is 0 Å². The van der Waals surface area contributed by atoms with Gasteiger partial charge in [-0.15, -0.1) is 0 Å². The maximum absolute atomic E-state index is 14.3. The molecule has 4 aromatic carbocycles. The van der Waals surface area contributed by atoms with E-state index in [-0.39, 0.29) is 24.2 Å². The summed E-state index contributed by atoms with van der Waals surface area (Å²) in [5.41, 5.74) is 2.57. The van der Waals surface area contributed by atoms with Gasteiger partial charge in [0, 0.05) is 36.8 Å². The molecule has 0 aliphatic carbocycles. The van der Waals surface area contributed by atoms with Gasteiger partial charge in [0.15, 0.2) is 0 Å². The summed E-state index contributed by atoms with van der Waals surface area (Å²) in [7, 11) is -1.62. The average Bonchev–Trinajstić information content (AvgIpc) is 3.07. The van der Waals surface area contributed by atoms with Gasteiger partial charge < -0.3 is 14.7 Å². The molecule has 1 fully saturated rings. The van der Waals surface area contributed by atoms with Gasteiger partial charge in [0.2, 0.25) is 0 Å². The number of halogens is 2. The number of benzene rings is 4. The lowest BCUT2D eigenvalue weighted by atomic mass is 10.1. The number of para-hydroxylation sites is 1. The molecule has 4 aromatic rings. The summed E-state index contributed by atoms with van der Waals surface area (Å²) in [5.74, 6) is -0.768. The van der Waals surface area contributed by atoms with Crippen LogP contribution in [0.2, 0.25) is 5.02 Å². The minimum atomic E-state index is -1.62. The van der Waals surface area contributed by atoms with E-state index in [0.717, 1.165) is 5.56 Å². The molecule has 0 aromatic heterocycles.